The van der Waals surface area contributed by atoms with Gasteiger partial charge in [-0.25, -0.2) is 0 Å². The second-order valence-electron chi connectivity index (χ2n) is 8.43. The summed E-state index contributed by atoms with van der Waals surface area (Å²) in [5, 5.41) is 25.4. The smallest absolute Gasteiger partial charge is 0.255 e. The molecular formula is C24H34N4O5. The highest BCUT2D eigenvalue weighted by atomic mass is 16.6. The summed E-state index contributed by atoms with van der Waals surface area (Å²) in [5.74, 6) is -0.348. The maximum Gasteiger partial charge on any atom is 0.255 e. The van der Waals surface area contributed by atoms with Crippen molar-refractivity contribution in [1.29, 1.82) is 0 Å². The number of piperidine rings is 1. The van der Waals surface area contributed by atoms with Crippen LogP contribution >= 0.6 is 0 Å². The molecule has 2 amide bonds. The van der Waals surface area contributed by atoms with E-state index in [9.17, 15) is 19.8 Å². The number of carbonyl (C=O) groups is 2. The van der Waals surface area contributed by atoms with Crippen LogP contribution in [0.25, 0.3) is 0 Å². The van der Waals surface area contributed by atoms with Gasteiger partial charge in [0.15, 0.2) is 12.5 Å². The topological polar surface area (TPSA) is 123 Å². The summed E-state index contributed by atoms with van der Waals surface area (Å²) in [6, 6.07) is 4.92. The number of amides is 2. The van der Waals surface area contributed by atoms with Gasteiger partial charge in [0.05, 0.1) is 6.54 Å². The van der Waals surface area contributed by atoms with Crippen molar-refractivity contribution in [2.75, 3.05) is 19.0 Å². The standard InChI is InChI=1S/C24H34N4O5/c1-16-11-12-20(23(31)27-16)28-15-18-17(24(28)32)8-7-9-19(18)26-14-21(29)25-13-6-4-3-5-10-22(30)33-2/h7-9,13,20-22,26,29-30H,1,3-6,10-12,14-15H2,2H3,(H,27,31)/b25-13+. The van der Waals surface area contributed by atoms with Crippen molar-refractivity contribution in [3.05, 3.63) is 41.6 Å². The first-order chi connectivity index (χ1) is 15.9. The number of nitrogens with zero attached hydrogens (tertiary/aromatic N) is 2. The van der Waals surface area contributed by atoms with Crippen LogP contribution < -0.4 is 10.6 Å². The number of aliphatic hydroxyl groups is 2. The quantitative estimate of drug-likeness (QED) is 0.216. The number of carbonyl (C=O) groups excluding carboxylic acids is 2. The van der Waals surface area contributed by atoms with Crippen molar-refractivity contribution in [3.8, 4) is 0 Å². The first-order valence-electron chi connectivity index (χ1n) is 11.5. The molecule has 0 saturated carbocycles. The fourth-order valence-corrected chi connectivity index (χ4v) is 4.13. The molecule has 9 nitrogen and oxygen atoms in total. The van der Waals surface area contributed by atoms with Crippen LogP contribution in [0.5, 0.6) is 0 Å². The van der Waals surface area contributed by atoms with Gasteiger partial charge in [-0.3, -0.25) is 14.6 Å². The Kier molecular flexibility index (Phi) is 8.99. The predicted molar refractivity (Wildman–Crippen MR) is 126 cm³/mol. The molecule has 2 aliphatic rings. The van der Waals surface area contributed by atoms with Crippen LogP contribution in [0.15, 0.2) is 35.5 Å². The van der Waals surface area contributed by atoms with Crippen molar-refractivity contribution < 1.29 is 24.5 Å². The van der Waals surface area contributed by atoms with E-state index in [-0.39, 0.29) is 18.4 Å². The average Bonchev–Trinajstić information content (AvgIpc) is 3.13. The Bertz CT molecular complexity index is 888. The number of aliphatic imine (C=N–C) groups is 1. The van der Waals surface area contributed by atoms with Crippen molar-refractivity contribution >= 4 is 23.7 Å². The summed E-state index contributed by atoms with van der Waals surface area (Å²) < 4.78 is 4.80. The molecule has 0 aliphatic carbocycles. The summed E-state index contributed by atoms with van der Waals surface area (Å²) in [6.07, 6.45) is 5.44. The van der Waals surface area contributed by atoms with E-state index >= 15 is 0 Å². The minimum atomic E-state index is -0.903. The van der Waals surface area contributed by atoms with E-state index in [1.807, 2.05) is 6.07 Å². The summed E-state index contributed by atoms with van der Waals surface area (Å²) in [5.41, 5.74) is 2.85. The van der Waals surface area contributed by atoms with Crippen LogP contribution in [0.1, 0.15) is 60.9 Å². The molecule has 0 aromatic heterocycles. The van der Waals surface area contributed by atoms with Crippen molar-refractivity contribution in [2.24, 2.45) is 4.99 Å². The number of rotatable bonds is 12. The van der Waals surface area contributed by atoms with Gasteiger partial charge < -0.3 is 30.5 Å². The molecule has 4 N–H and O–H groups in total. The van der Waals surface area contributed by atoms with Crippen LogP contribution in [0.4, 0.5) is 5.69 Å². The van der Waals surface area contributed by atoms with E-state index in [4.69, 9.17) is 4.74 Å². The summed E-state index contributed by atoms with van der Waals surface area (Å²) in [6.45, 7) is 4.35. The van der Waals surface area contributed by atoms with Crippen LogP contribution in [0.3, 0.4) is 0 Å². The van der Waals surface area contributed by atoms with Crippen LogP contribution in [-0.2, 0) is 16.1 Å². The Balaban J connectivity index is 1.47. The predicted octanol–water partition coefficient (Wildman–Crippen LogP) is 2.15. The van der Waals surface area contributed by atoms with Gasteiger partial charge in [-0.15, -0.1) is 0 Å². The number of methoxy groups -OCH3 is 1. The lowest BCUT2D eigenvalue weighted by Crippen LogP contribution is -2.49. The second kappa shape index (κ2) is 11.9. The number of hydrogen-bond donors (Lipinski definition) is 4. The molecule has 1 saturated heterocycles. The lowest BCUT2D eigenvalue weighted by atomic mass is 10.0. The van der Waals surface area contributed by atoms with Crippen LogP contribution in [-0.4, -0.2) is 65.4 Å². The van der Waals surface area contributed by atoms with E-state index in [1.165, 1.54) is 7.11 Å². The van der Waals surface area contributed by atoms with Crippen molar-refractivity contribution in [3.63, 3.8) is 0 Å². The zero-order valence-corrected chi connectivity index (χ0v) is 19.1. The maximum atomic E-state index is 12.9. The van der Waals surface area contributed by atoms with Gasteiger partial charge in [0.25, 0.3) is 5.91 Å². The number of benzene rings is 1. The third-order valence-electron chi connectivity index (χ3n) is 6.00. The molecule has 2 aliphatic heterocycles. The van der Waals surface area contributed by atoms with E-state index in [0.29, 0.717) is 37.1 Å². The first-order valence-corrected chi connectivity index (χ1v) is 11.5. The molecular weight excluding hydrogens is 424 g/mol. The molecule has 1 aromatic rings. The highest BCUT2D eigenvalue weighted by molar-refractivity contribution is 6.02. The third kappa shape index (κ3) is 6.63. The number of nitrogens with one attached hydrogen (secondary N) is 2. The largest absolute Gasteiger partial charge is 0.380 e. The Morgan fingerprint density at radius 3 is 2.91 bits per heavy atom. The zero-order valence-electron chi connectivity index (χ0n) is 19.1. The second-order valence-corrected chi connectivity index (χ2v) is 8.43. The van der Waals surface area contributed by atoms with Gasteiger partial charge in [-0.2, -0.15) is 0 Å². The van der Waals surface area contributed by atoms with Gasteiger partial charge in [0, 0.05) is 42.4 Å². The highest BCUT2D eigenvalue weighted by Crippen LogP contribution is 2.32. The number of allylic oxidation sites excluding steroid dienone is 1. The van der Waals surface area contributed by atoms with Gasteiger partial charge in [0.2, 0.25) is 5.91 Å². The molecule has 2 heterocycles. The Morgan fingerprint density at radius 2 is 2.15 bits per heavy atom. The molecule has 1 aromatic carbocycles. The Labute approximate surface area is 194 Å². The fourth-order valence-electron chi connectivity index (χ4n) is 4.13. The molecule has 33 heavy (non-hydrogen) atoms. The van der Waals surface area contributed by atoms with E-state index < -0.39 is 18.6 Å². The summed E-state index contributed by atoms with van der Waals surface area (Å²) in [4.78, 5) is 31.1. The van der Waals surface area contributed by atoms with Crippen molar-refractivity contribution in [2.45, 2.75) is 70.1 Å². The molecule has 9 heteroatoms. The maximum absolute atomic E-state index is 12.9. The average molecular weight is 459 g/mol. The number of ether oxygens (including phenoxy) is 1. The molecule has 3 unspecified atom stereocenters. The minimum Gasteiger partial charge on any atom is -0.380 e. The lowest BCUT2D eigenvalue weighted by molar-refractivity contribution is -0.126. The van der Waals surface area contributed by atoms with Crippen molar-refractivity contribution in [1.82, 2.24) is 10.2 Å². The van der Waals surface area contributed by atoms with Crippen LogP contribution in [0, 0.1) is 0 Å². The fraction of sp³-hybridized carbons (Fsp3) is 0.542. The van der Waals surface area contributed by atoms with Gasteiger partial charge >= 0.3 is 0 Å². The molecule has 0 radical (unpaired) electrons. The number of unbranched alkanes of at least 4 members (excludes halogenated alkanes) is 3. The highest BCUT2D eigenvalue weighted by Gasteiger charge is 2.38. The minimum absolute atomic E-state index is 0.155. The van der Waals surface area contributed by atoms with Gasteiger partial charge in [-0.1, -0.05) is 19.1 Å². The first kappa shape index (κ1) is 24.9. The molecule has 1 fully saturated rings. The van der Waals surface area contributed by atoms with E-state index in [0.717, 1.165) is 36.9 Å². The molecule has 0 spiro atoms. The Morgan fingerprint density at radius 1 is 1.33 bits per heavy atom. The Hall–Kier alpha value is -2.75. The molecule has 180 valence electrons. The monoisotopic (exact) mass is 458 g/mol. The molecule has 0 bridgehead atoms. The summed E-state index contributed by atoms with van der Waals surface area (Å²) >= 11 is 0. The SMILES string of the molecule is C=C1CCC(N2Cc3c(NCC(O)/N=C/CCCCCC(O)OC)cccc3C2=O)C(=O)N1. The van der Waals surface area contributed by atoms with E-state index in [2.05, 4.69) is 22.2 Å². The summed E-state index contributed by atoms with van der Waals surface area (Å²) in [7, 11) is 1.48. The number of anilines is 1. The third-order valence-corrected chi connectivity index (χ3v) is 6.00. The van der Waals surface area contributed by atoms with Crippen LogP contribution in [0.2, 0.25) is 0 Å². The normalized spacial score (nSPS) is 20.2. The number of fused-ring (bicyclic) bond motifs is 1. The number of hydrogen-bond acceptors (Lipinski definition) is 7. The zero-order chi connectivity index (χ0) is 23.8. The van der Waals surface area contributed by atoms with Gasteiger partial charge in [0.1, 0.15) is 6.04 Å². The number of aliphatic hydroxyl groups excluding tert-OH is 2. The van der Waals surface area contributed by atoms with Gasteiger partial charge in [-0.05, 0) is 50.7 Å². The molecule has 3 atom stereocenters. The lowest BCUT2D eigenvalue weighted by Gasteiger charge is -2.31. The molecule has 3 rings (SSSR count). The van der Waals surface area contributed by atoms with E-state index in [1.54, 1.807) is 23.2 Å².